The average Bonchev–Trinajstić information content (AvgIpc) is 3.77. The minimum absolute atomic E-state index is 0.476. The summed E-state index contributed by atoms with van der Waals surface area (Å²) in [5.74, 6) is 2.81. The highest BCUT2D eigenvalue weighted by atomic mass is 16.6. The number of para-hydroxylation sites is 2. The third kappa shape index (κ3) is 4.68. The molecular weight excluding hydrogens is 707 g/mol. The van der Waals surface area contributed by atoms with Crippen molar-refractivity contribution in [2.75, 3.05) is 4.90 Å². The Hall–Kier alpha value is -7.62. The van der Waals surface area contributed by atoms with Gasteiger partial charge in [-0.3, -0.25) is 0 Å². The van der Waals surface area contributed by atoms with Crippen LogP contribution in [-0.2, 0) is 5.41 Å². The van der Waals surface area contributed by atoms with Gasteiger partial charge in [-0.15, -0.1) is 0 Å². The largest absolute Gasteiger partial charge is 0.449 e. The van der Waals surface area contributed by atoms with Gasteiger partial charge in [0.2, 0.25) is 0 Å². The third-order valence-electron chi connectivity index (χ3n) is 12.1. The van der Waals surface area contributed by atoms with E-state index in [1.165, 1.54) is 50.1 Å². The zero-order chi connectivity index (χ0) is 38.2. The van der Waals surface area contributed by atoms with Crippen LogP contribution in [0, 0.1) is 0 Å². The molecule has 0 aromatic heterocycles. The van der Waals surface area contributed by atoms with Crippen LogP contribution in [0.15, 0.2) is 212 Å². The van der Waals surface area contributed by atoms with E-state index in [1.807, 2.05) is 12.1 Å². The minimum atomic E-state index is -0.476. The summed E-state index contributed by atoms with van der Waals surface area (Å²) in [5.41, 5.74) is 17.0. The van der Waals surface area contributed by atoms with E-state index in [4.69, 9.17) is 9.47 Å². The molecule has 1 spiro atoms. The molecule has 272 valence electrons. The summed E-state index contributed by atoms with van der Waals surface area (Å²) < 4.78 is 14.1. The van der Waals surface area contributed by atoms with Crippen molar-refractivity contribution in [1.82, 2.24) is 0 Å². The Morgan fingerprint density at radius 3 is 1.53 bits per heavy atom. The smallest absolute Gasteiger partial charge is 0.194 e. The molecule has 9 aromatic carbocycles. The molecule has 58 heavy (non-hydrogen) atoms. The van der Waals surface area contributed by atoms with Crippen LogP contribution in [0.25, 0.3) is 44.5 Å². The van der Waals surface area contributed by atoms with E-state index < -0.39 is 5.41 Å². The Bertz CT molecular complexity index is 3020. The van der Waals surface area contributed by atoms with Gasteiger partial charge in [0.1, 0.15) is 0 Å². The molecule has 3 heteroatoms. The van der Waals surface area contributed by atoms with E-state index in [9.17, 15) is 0 Å². The Morgan fingerprint density at radius 2 is 0.845 bits per heavy atom. The van der Waals surface area contributed by atoms with Crippen LogP contribution >= 0.6 is 0 Å². The summed E-state index contributed by atoms with van der Waals surface area (Å²) in [6, 6.07) is 75.7. The number of nitrogens with zero attached hydrogens (tertiary/aromatic N) is 1. The maximum atomic E-state index is 7.29. The first-order chi connectivity index (χ1) is 28.8. The molecule has 0 atom stereocenters. The fraction of sp³-hybridized carbons (Fsp3) is 0.0182. The normalized spacial score (nSPS) is 13.2. The van der Waals surface area contributed by atoms with E-state index in [2.05, 4.69) is 205 Å². The van der Waals surface area contributed by atoms with E-state index in [1.54, 1.807) is 0 Å². The van der Waals surface area contributed by atoms with Crippen LogP contribution in [0.2, 0.25) is 0 Å². The second-order valence-corrected chi connectivity index (χ2v) is 15.2. The van der Waals surface area contributed by atoms with E-state index in [-0.39, 0.29) is 0 Å². The molecule has 0 bridgehead atoms. The summed E-state index contributed by atoms with van der Waals surface area (Å²) in [4.78, 5) is 2.26. The third-order valence-corrected chi connectivity index (χ3v) is 12.1. The highest BCUT2D eigenvalue weighted by molar-refractivity contribution is 5.98. The molecule has 12 rings (SSSR count). The molecule has 3 nitrogen and oxygen atoms in total. The molecule has 0 radical (unpaired) electrons. The molecule has 0 saturated carbocycles. The van der Waals surface area contributed by atoms with Gasteiger partial charge in [0.15, 0.2) is 23.0 Å². The minimum Gasteiger partial charge on any atom is -0.449 e. The highest BCUT2D eigenvalue weighted by Crippen LogP contribution is 2.66. The quantitative estimate of drug-likeness (QED) is 0.175. The molecule has 1 aliphatic heterocycles. The number of hydrogen-bond donors (Lipinski definition) is 0. The first-order valence-corrected chi connectivity index (χ1v) is 19.8. The first kappa shape index (κ1) is 32.6. The lowest BCUT2D eigenvalue weighted by molar-refractivity contribution is 0.361. The van der Waals surface area contributed by atoms with Gasteiger partial charge in [-0.1, -0.05) is 164 Å². The summed E-state index contributed by atoms with van der Waals surface area (Å²) in [7, 11) is 0. The number of benzene rings is 9. The number of hydrogen-bond acceptors (Lipinski definition) is 3. The van der Waals surface area contributed by atoms with Crippen molar-refractivity contribution >= 4 is 17.1 Å². The lowest BCUT2D eigenvalue weighted by Crippen LogP contribution is -2.25. The van der Waals surface area contributed by atoms with Gasteiger partial charge in [-0.05, 0) is 110 Å². The van der Waals surface area contributed by atoms with Crippen molar-refractivity contribution in [1.29, 1.82) is 0 Å². The van der Waals surface area contributed by atoms with Crippen molar-refractivity contribution in [3.63, 3.8) is 0 Å². The molecule has 0 unspecified atom stereocenters. The predicted molar refractivity (Wildman–Crippen MR) is 235 cm³/mol. The maximum Gasteiger partial charge on any atom is 0.194 e. The second-order valence-electron chi connectivity index (χ2n) is 15.2. The Morgan fingerprint density at radius 1 is 0.328 bits per heavy atom. The monoisotopic (exact) mass is 741 g/mol. The van der Waals surface area contributed by atoms with Crippen molar-refractivity contribution in [2.24, 2.45) is 0 Å². The number of ether oxygens (including phenoxy) is 2. The van der Waals surface area contributed by atoms with Gasteiger partial charge >= 0.3 is 0 Å². The molecule has 0 amide bonds. The molecular formula is C55H35NO2. The highest BCUT2D eigenvalue weighted by Gasteiger charge is 2.53. The summed E-state index contributed by atoms with van der Waals surface area (Å²) in [6.45, 7) is 0. The summed E-state index contributed by atoms with van der Waals surface area (Å²) in [6.07, 6.45) is 0. The van der Waals surface area contributed by atoms with Crippen LogP contribution in [0.3, 0.4) is 0 Å². The van der Waals surface area contributed by atoms with Crippen LogP contribution in [-0.4, -0.2) is 0 Å². The lowest BCUT2D eigenvalue weighted by atomic mass is 9.70. The van der Waals surface area contributed by atoms with E-state index in [0.717, 1.165) is 39.5 Å². The van der Waals surface area contributed by atoms with Gasteiger partial charge in [0.25, 0.3) is 0 Å². The fourth-order valence-electron chi connectivity index (χ4n) is 9.71. The number of rotatable bonds is 5. The fourth-order valence-corrected chi connectivity index (χ4v) is 9.71. The lowest BCUT2D eigenvalue weighted by Gasteiger charge is -2.32. The molecule has 0 saturated heterocycles. The summed E-state index contributed by atoms with van der Waals surface area (Å²) >= 11 is 0. The molecule has 1 heterocycles. The Balaban J connectivity index is 0.996. The zero-order valence-corrected chi connectivity index (χ0v) is 31.5. The maximum absolute atomic E-state index is 7.29. The first-order valence-electron chi connectivity index (χ1n) is 19.8. The van der Waals surface area contributed by atoms with Gasteiger partial charge in [-0.25, -0.2) is 0 Å². The topological polar surface area (TPSA) is 21.7 Å². The van der Waals surface area contributed by atoms with E-state index >= 15 is 0 Å². The molecule has 3 aliphatic rings. The van der Waals surface area contributed by atoms with Crippen LogP contribution < -0.4 is 14.4 Å². The molecule has 0 N–H and O–H groups in total. The average molecular weight is 742 g/mol. The summed E-state index contributed by atoms with van der Waals surface area (Å²) in [5, 5.41) is 0. The van der Waals surface area contributed by atoms with Gasteiger partial charge < -0.3 is 14.4 Å². The van der Waals surface area contributed by atoms with Crippen LogP contribution in [0.5, 0.6) is 23.0 Å². The van der Waals surface area contributed by atoms with Crippen molar-refractivity contribution in [2.45, 2.75) is 5.41 Å². The van der Waals surface area contributed by atoms with E-state index in [0.29, 0.717) is 17.2 Å². The number of fused-ring (bicyclic) bond motifs is 13. The molecule has 2 aliphatic carbocycles. The second kappa shape index (κ2) is 12.7. The van der Waals surface area contributed by atoms with Crippen LogP contribution in [0.4, 0.5) is 17.1 Å². The molecule has 0 fully saturated rings. The van der Waals surface area contributed by atoms with Gasteiger partial charge in [-0.2, -0.15) is 0 Å². The Kier molecular flexibility index (Phi) is 7.14. The predicted octanol–water partition coefficient (Wildman–Crippen LogP) is 14.7. The van der Waals surface area contributed by atoms with Crippen molar-refractivity contribution in [3.05, 3.63) is 235 Å². The van der Waals surface area contributed by atoms with Crippen LogP contribution in [0.1, 0.15) is 22.3 Å². The SMILES string of the molecule is c1ccc(-c2cccc(-c3ccc(N(c4ccccc4)c4cccc5c4Oc4c(ccc6c4-c4ccccc4C64c6ccccc6-c6ccccc64)O5)cc3)c2)cc1. The van der Waals surface area contributed by atoms with Gasteiger partial charge in [0, 0.05) is 16.9 Å². The Labute approximate surface area is 337 Å². The van der Waals surface area contributed by atoms with Gasteiger partial charge in [0.05, 0.1) is 11.1 Å². The molecule has 9 aromatic rings. The standard InChI is InChI=1S/C55H35NO2/c1-3-15-36(16-4-1)38-17-13-18-39(35-38)37-29-31-41(32-30-37)56(40-19-5-2-6-20-40)49-27-14-28-50-53(49)58-54-51(57-50)34-33-48-52(54)44-23-9-12-26-47(44)55(48)45-24-10-7-21-42(45)43-22-8-11-25-46(43)55/h1-35H. The van der Waals surface area contributed by atoms with Crippen molar-refractivity contribution < 1.29 is 9.47 Å². The number of anilines is 3. The van der Waals surface area contributed by atoms with Crippen molar-refractivity contribution in [3.8, 4) is 67.5 Å². The zero-order valence-electron chi connectivity index (χ0n) is 31.5.